The number of carbonyl (C=O) groups is 1. The van der Waals surface area contributed by atoms with Gasteiger partial charge in [-0.25, -0.2) is 8.42 Å². The number of anilines is 1. The average Bonchev–Trinajstić information content (AvgIpc) is 2.87. The van der Waals surface area contributed by atoms with Crippen molar-refractivity contribution in [2.75, 3.05) is 25.1 Å². The average molecular weight is 525 g/mol. The number of carbonyl (C=O) groups excluding carboxylic acids is 1. The first-order valence-corrected chi connectivity index (χ1v) is 13.6. The molecule has 0 aliphatic carbocycles. The van der Waals surface area contributed by atoms with Crippen LogP contribution in [0.2, 0.25) is 0 Å². The van der Waals surface area contributed by atoms with Crippen LogP contribution in [-0.2, 0) is 14.8 Å². The molecule has 3 aromatic rings. The number of rotatable bonds is 10. The van der Waals surface area contributed by atoms with E-state index < -0.39 is 15.9 Å². The molecule has 0 aliphatic heterocycles. The number of nitrogens with one attached hydrogen (secondary N) is 1. The summed E-state index contributed by atoms with van der Waals surface area (Å²) in [7, 11) is -0.859. The molecule has 1 N–H and O–H groups in total. The monoisotopic (exact) mass is 524 g/mol. The van der Waals surface area contributed by atoms with E-state index in [2.05, 4.69) is 25.2 Å². The van der Waals surface area contributed by atoms with Gasteiger partial charge in [0.2, 0.25) is 5.91 Å². The second kappa shape index (κ2) is 11.7. The molecule has 0 heterocycles. The van der Waals surface area contributed by atoms with Crippen LogP contribution in [-0.4, -0.2) is 35.1 Å². The van der Waals surface area contributed by atoms with Crippen LogP contribution in [0.1, 0.15) is 55.0 Å². The normalized spacial score (nSPS) is 12.2. The Labute approximate surface area is 220 Å². The zero-order valence-electron chi connectivity index (χ0n) is 22.5. The molecule has 0 saturated heterocycles. The van der Waals surface area contributed by atoms with Gasteiger partial charge in [0.05, 0.1) is 30.8 Å². The molecule has 0 fully saturated rings. The van der Waals surface area contributed by atoms with Gasteiger partial charge in [0, 0.05) is 0 Å². The highest BCUT2D eigenvalue weighted by Gasteiger charge is 2.28. The molecule has 1 unspecified atom stereocenters. The Morgan fingerprint density at radius 3 is 2.05 bits per heavy atom. The van der Waals surface area contributed by atoms with Crippen molar-refractivity contribution in [3.63, 3.8) is 0 Å². The number of hydrogen-bond donors (Lipinski definition) is 1. The molecule has 1 atom stereocenters. The first-order valence-electron chi connectivity index (χ1n) is 12.2. The minimum atomic E-state index is -4.02. The molecular formula is C29H36N2O5S. The first-order chi connectivity index (χ1) is 17.5. The maximum atomic E-state index is 13.6. The number of sulfonamides is 1. The summed E-state index contributed by atoms with van der Waals surface area (Å²) in [5, 5.41) is 2.99. The van der Waals surface area contributed by atoms with E-state index in [1.54, 1.807) is 31.4 Å². The molecule has 0 saturated carbocycles. The molecule has 0 aliphatic rings. The lowest BCUT2D eigenvalue weighted by Gasteiger charge is -2.26. The molecule has 1 amide bonds. The number of hydrogen-bond acceptors (Lipinski definition) is 5. The molecule has 198 valence electrons. The lowest BCUT2D eigenvalue weighted by molar-refractivity contribution is -0.120. The Bertz CT molecular complexity index is 1330. The lowest BCUT2D eigenvalue weighted by Crippen LogP contribution is -2.41. The fraction of sp³-hybridized carbons (Fsp3) is 0.345. The molecule has 0 spiro atoms. The van der Waals surface area contributed by atoms with Crippen molar-refractivity contribution in [1.82, 2.24) is 5.32 Å². The highest BCUT2D eigenvalue weighted by molar-refractivity contribution is 7.92. The van der Waals surface area contributed by atoms with Crippen molar-refractivity contribution in [3.8, 4) is 11.5 Å². The molecule has 7 nitrogen and oxygen atoms in total. The number of ether oxygens (including phenoxy) is 2. The molecule has 3 aromatic carbocycles. The van der Waals surface area contributed by atoms with Gasteiger partial charge in [0.1, 0.15) is 18.0 Å². The maximum absolute atomic E-state index is 13.6. The van der Waals surface area contributed by atoms with Gasteiger partial charge in [-0.3, -0.25) is 9.10 Å². The van der Waals surface area contributed by atoms with E-state index in [9.17, 15) is 13.2 Å². The predicted octanol–water partition coefficient (Wildman–Crippen LogP) is 5.52. The van der Waals surface area contributed by atoms with Crippen LogP contribution in [0.15, 0.2) is 65.6 Å². The highest BCUT2D eigenvalue weighted by atomic mass is 32.2. The summed E-state index contributed by atoms with van der Waals surface area (Å²) in [4.78, 5) is 13.3. The van der Waals surface area contributed by atoms with E-state index in [0.29, 0.717) is 11.4 Å². The third-order valence-corrected chi connectivity index (χ3v) is 8.13. The summed E-state index contributed by atoms with van der Waals surface area (Å²) in [6.07, 6.45) is 0. The quantitative estimate of drug-likeness (QED) is 0.378. The number of amides is 1. The van der Waals surface area contributed by atoms with Crippen molar-refractivity contribution < 1.29 is 22.7 Å². The van der Waals surface area contributed by atoms with Crippen LogP contribution in [0.25, 0.3) is 0 Å². The fourth-order valence-electron chi connectivity index (χ4n) is 4.21. The van der Waals surface area contributed by atoms with Gasteiger partial charge in [-0.1, -0.05) is 31.5 Å². The van der Waals surface area contributed by atoms with Gasteiger partial charge < -0.3 is 14.8 Å². The molecule has 0 radical (unpaired) electrons. The Kier molecular flexibility index (Phi) is 8.86. The van der Waals surface area contributed by atoms with E-state index >= 15 is 0 Å². The van der Waals surface area contributed by atoms with Gasteiger partial charge in [0.15, 0.2) is 0 Å². The van der Waals surface area contributed by atoms with Crippen molar-refractivity contribution in [1.29, 1.82) is 0 Å². The van der Waals surface area contributed by atoms with Gasteiger partial charge in [0.25, 0.3) is 10.0 Å². The van der Waals surface area contributed by atoms with Crippen molar-refractivity contribution in [2.24, 2.45) is 0 Å². The Hall–Kier alpha value is -3.52. The second-order valence-corrected chi connectivity index (χ2v) is 11.3. The standard InChI is InChI=1S/C29H36N2O5S/c1-19(2)26-17-27(21(4)16-28(26)36-7)22(5)30-29(32)18-31(23-10-8-20(3)9-11-23)37(33,34)25-14-12-24(35-6)13-15-25/h8-17,19,22H,18H2,1-7H3,(H,30,32). The van der Waals surface area contributed by atoms with Crippen LogP contribution in [0, 0.1) is 13.8 Å². The van der Waals surface area contributed by atoms with Crippen molar-refractivity contribution in [2.45, 2.75) is 51.5 Å². The van der Waals surface area contributed by atoms with Crippen LogP contribution in [0.5, 0.6) is 11.5 Å². The SMILES string of the molecule is COc1ccc(S(=O)(=O)N(CC(=O)NC(C)c2cc(C(C)C)c(OC)cc2C)c2ccc(C)cc2)cc1. The summed E-state index contributed by atoms with van der Waals surface area (Å²) >= 11 is 0. The summed E-state index contributed by atoms with van der Waals surface area (Å²) in [5.74, 6) is 1.18. The van der Waals surface area contributed by atoms with Crippen LogP contribution < -0.4 is 19.1 Å². The predicted molar refractivity (Wildman–Crippen MR) is 147 cm³/mol. The first kappa shape index (κ1) is 28.1. The molecule has 0 aromatic heterocycles. The summed E-state index contributed by atoms with van der Waals surface area (Å²) in [6.45, 7) is 9.59. The molecular weight excluding hydrogens is 488 g/mol. The summed E-state index contributed by atoms with van der Waals surface area (Å²) < 4.78 is 39.1. The number of benzene rings is 3. The third kappa shape index (κ3) is 6.43. The number of aryl methyl sites for hydroxylation is 2. The number of nitrogens with zero attached hydrogens (tertiary/aromatic N) is 1. The van der Waals surface area contributed by atoms with Gasteiger partial charge in [-0.05, 0) is 91.9 Å². The molecule has 8 heteroatoms. The maximum Gasteiger partial charge on any atom is 0.264 e. The summed E-state index contributed by atoms with van der Waals surface area (Å²) in [6, 6.07) is 16.9. The molecule has 3 rings (SSSR count). The van der Waals surface area contributed by atoms with Gasteiger partial charge in [-0.15, -0.1) is 0 Å². The van der Waals surface area contributed by atoms with Crippen LogP contribution in [0.4, 0.5) is 5.69 Å². The van der Waals surface area contributed by atoms with E-state index in [0.717, 1.165) is 32.3 Å². The van der Waals surface area contributed by atoms with E-state index in [1.807, 2.05) is 39.0 Å². The minimum Gasteiger partial charge on any atom is -0.497 e. The Morgan fingerprint density at radius 2 is 1.51 bits per heavy atom. The largest absolute Gasteiger partial charge is 0.497 e. The Morgan fingerprint density at radius 1 is 0.892 bits per heavy atom. The highest BCUT2D eigenvalue weighted by Crippen LogP contribution is 2.32. The fourth-order valence-corrected chi connectivity index (χ4v) is 5.63. The van der Waals surface area contributed by atoms with E-state index in [1.165, 1.54) is 19.2 Å². The van der Waals surface area contributed by atoms with E-state index in [4.69, 9.17) is 9.47 Å². The lowest BCUT2D eigenvalue weighted by atomic mass is 9.93. The van der Waals surface area contributed by atoms with Crippen molar-refractivity contribution >= 4 is 21.6 Å². The van der Waals surface area contributed by atoms with Crippen molar-refractivity contribution in [3.05, 3.63) is 82.9 Å². The number of methoxy groups -OCH3 is 2. The zero-order valence-corrected chi connectivity index (χ0v) is 23.3. The van der Waals surface area contributed by atoms with Crippen LogP contribution >= 0.6 is 0 Å². The smallest absolute Gasteiger partial charge is 0.264 e. The third-order valence-electron chi connectivity index (χ3n) is 6.34. The molecule has 37 heavy (non-hydrogen) atoms. The minimum absolute atomic E-state index is 0.0716. The van der Waals surface area contributed by atoms with Gasteiger partial charge >= 0.3 is 0 Å². The molecule has 0 bridgehead atoms. The van der Waals surface area contributed by atoms with E-state index in [-0.39, 0.29) is 23.4 Å². The van der Waals surface area contributed by atoms with Crippen LogP contribution in [0.3, 0.4) is 0 Å². The van der Waals surface area contributed by atoms with Gasteiger partial charge in [-0.2, -0.15) is 0 Å². The topological polar surface area (TPSA) is 84.9 Å². The second-order valence-electron chi connectivity index (χ2n) is 9.42. The Balaban J connectivity index is 1.91. The zero-order chi connectivity index (χ0) is 27.3. The summed E-state index contributed by atoms with van der Waals surface area (Å²) in [5.41, 5.74) is 4.38.